The number of nitrogens with one attached hydrogen (secondary N) is 1. The van der Waals surface area contributed by atoms with E-state index in [4.69, 9.17) is 0 Å². The molecule has 1 aromatic carbocycles. The second kappa shape index (κ2) is 8.78. The molecule has 0 bridgehead atoms. The Hall–Kier alpha value is -2.37. The number of rotatable bonds is 7. The molecule has 0 radical (unpaired) electrons. The van der Waals surface area contributed by atoms with Crippen molar-refractivity contribution in [2.45, 2.75) is 71.9 Å². The summed E-state index contributed by atoms with van der Waals surface area (Å²) in [5.41, 5.74) is 0.439. The predicted octanol–water partition coefficient (Wildman–Crippen LogP) is 3.95. The topological polar surface area (TPSA) is 69.7 Å². The number of hydrogen-bond acceptors (Lipinski definition) is 3. The summed E-state index contributed by atoms with van der Waals surface area (Å²) in [6.07, 6.45) is 4.24. The number of nitrogens with zero attached hydrogens (tertiary/aromatic N) is 2. The van der Waals surface area contributed by atoms with Crippen molar-refractivity contribution in [2.75, 3.05) is 13.1 Å². The van der Waals surface area contributed by atoms with E-state index in [1.807, 2.05) is 37.3 Å². The third-order valence-corrected chi connectivity index (χ3v) is 7.35. The molecule has 1 aromatic rings. The van der Waals surface area contributed by atoms with Gasteiger partial charge in [0.25, 0.3) is 5.91 Å². The lowest BCUT2D eigenvalue weighted by molar-refractivity contribution is -0.140. The van der Waals surface area contributed by atoms with E-state index in [1.165, 1.54) is 0 Å². The third-order valence-electron chi connectivity index (χ3n) is 7.35. The van der Waals surface area contributed by atoms with Crippen LogP contribution >= 0.6 is 0 Å². The molecule has 0 atom stereocenters. The van der Waals surface area contributed by atoms with Crippen molar-refractivity contribution in [1.82, 2.24) is 15.1 Å². The van der Waals surface area contributed by atoms with Gasteiger partial charge in [-0.3, -0.25) is 14.5 Å². The monoisotopic (exact) mass is 413 g/mol. The maximum atomic E-state index is 13.2. The first-order chi connectivity index (χ1) is 14.2. The standard InChI is InChI=1S/C24H35N3O3/c1-5-23(3,4)19-12-14-24(15-13-19)21(29)27(22(30)25-24)17-20(28)26(6-2)16-18-10-8-7-9-11-18/h7-11,19H,5-6,12-17H2,1-4H3,(H,25,30). The van der Waals surface area contributed by atoms with Gasteiger partial charge in [0.2, 0.25) is 5.91 Å². The van der Waals surface area contributed by atoms with Crippen LogP contribution < -0.4 is 5.32 Å². The van der Waals surface area contributed by atoms with Gasteiger partial charge in [-0.2, -0.15) is 0 Å². The smallest absolute Gasteiger partial charge is 0.325 e. The van der Waals surface area contributed by atoms with E-state index in [9.17, 15) is 14.4 Å². The minimum atomic E-state index is -0.825. The molecule has 6 nitrogen and oxygen atoms in total. The maximum Gasteiger partial charge on any atom is 0.325 e. The summed E-state index contributed by atoms with van der Waals surface area (Å²) in [5, 5.41) is 2.94. The number of hydrogen-bond donors (Lipinski definition) is 1. The Morgan fingerprint density at radius 2 is 1.80 bits per heavy atom. The fourth-order valence-electron chi connectivity index (χ4n) is 4.75. The Labute approximate surface area is 180 Å². The summed E-state index contributed by atoms with van der Waals surface area (Å²) in [6.45, 7) is 9.47. The van der Waals surface area contributed by atoms with Gasteiger partial charge in [-0.25, -0.2) is 4.79 Å². The van der Waals surface area contributed by atoms with E-state index in [0.29, 0.717) is 31.8 Å². The third kappa shape index (κ3) is 4.37. The highest BCUT2D eigenvalue weighted by atomic mass is 16.2. The van der Waals surface area contributed by atoms with Crippen LogP contribution in [0.15, 0.2) is 30.3 Å². The predicted molar refractivity (Wildman–Crippen MR) is 117 cm³/mol. The van der Waals surface area contributed by atoms with Crippen molar-refractivity contribution in [3.8, 4) is 0 Å². The lowest BCUT2D eigenvalue weighted by Crippen LogP contribution is -2.51. The number of likely N-dealkylation sites (N-methyl/N-ethyl adjacent to an activating group) is 1. The average molecular weight is 414 g/mol. The SMILES string of the molecule is CCN(Cc1ccccc1)C(=O)CN1C(=O)NC2(CCC(C(C)(C)CC)CC2)C1=O. The van der Waals surface area contributed by atoms with E-state index in [1.54, 1.807) is 4.90 Å². The van der Waals surface area contributed by atoms with Crippen molar-refractivity contribution in [3.05, 3.63) is 35.9 Å². The van der Waals surface area contributed by atoms with Gasteiger partial charge >= 0.3 is 6.03 Å². The first-order valence-corrected chi connectivity index (χ1v) is 11.2. The summed E-state index contributed by atoms with van der Waals surface area (Å²) >= 11 is 0. The molecule has 164 valence electrons. The van der Waals surface area contributed by atoms with Crippen LogP contribution in [0.3, 0.4) is 0 Å². The highest BCUT2D eigenvalue weighted by Gasteiger charge is 2.53. The number of imide groups is 1. The molecule has 6 heteroatoms. The van der Waals surface area contributed by atoms with Gasteiger partial charge in [-0.05, 0) is 49.5 Å². The van der Waals surface area contributed by atoms with Crippen LogP contribution in [0.25, 0.3) is 0 Å². The fraction of sp³-hybridized carbons (Fsp3) is 0.625. The Kier molecular flexibility index (Phi) is 6.53. The fourth-order valence-corrected chi connectivity index (χ4v) is 4.75. The van der Waals surface area contributed by atoms with Gasteiger partial charge in [0, 0.05) is 13.1 Å². The molecule has 30 heavy (non-hydrogen) atoms. The van der Waals surface area contributed by atoms with E-state index in [-0.39, 0.29) is 23.8 Å². The van der Waals surface area contributed by atoms with Gasteiger partial charge in [-0.1, -0.05) is 57.5 Å². The molecular weight excluding hydrogens is 378 g/mol. The maximum absolute atomic E-state index is 13.2. The Morgan fingerprint density at radius 3 is 2.37 bits per heavy atom. The van der Waals surface area contributed by atoms with Crippen molar-refractivity contribution in [1.29, 1.82) is 0 Å². The molecule has 4 amide bonds. The molecule has 1 aliphatic carbocycles. The molecule has 2 fully saturated rings. The minimum Gasteiger partial charge on any atom is -0.337 e. The zero-order valence-electron chi connectivity index (χ0n) is 18.7. The normalized spacial score (nSPS) is 24.3. The van der Waals surface area contributed by atoms with Gasteiger partial charge in [0.15, 0.2) is 0 Å². The van der Waals surface area contributed by atoms with Crippen LogP contribution in [-0.4, -0.2) is 46.3 Å². The molecule has 1 spiro atoms. The average Bonchev–Trinajstić information content (AvgIpc) is 2.97. The summed E-state index contributed by atoms with van der Waals surface area (Å²) < 4.78 is 0. The van der Waals surface area contributed by atoms with E-state index >= 15 is 0 Å². The lowest BCUT2D eigenvalue weighted by atomic mass is 9.65. The molecule has 1 saturated heterocycles. The first-order valence-electron chi connectivity index (χ1n) is 11.2. The van der Waals surface area contributed by atoms with Crippen LogP contribution in [0, 0.1) is 11.3 Å². The first kappa shape index (κ1) is 22.3. The molecule has 2 aliphatic rings. The molecule has 1 heterocycles. The second-order valence-electron chi connectivity index (χ2n) is 9.41. The summed E-state index contributed by atoms with van der Waals surface area (Å²) in [7, 11) is 0. The van der Waals surface area contributed by atoms with Crippen molar-refractivity contribution in [3.63, 3.8) is 0 Å². The van der Waals surface area contributed by atoms with Gasteiger partial charge in [0.05, 0.1) is 0 Å². The van der Waals surface area contributed by atoms with Crippen LogP contribution in [0.5, 0.6) is 0 Å². The van der Waals surface area contributed by atoms with Gasteiger partial charge < -0.3 is 10.2 Å². The molecule has 1 saturated carbocycles. The highest BCUT2D eigenvalue weighted by Crippen LogP contribution is 2.45. The molecule has 1 aliphatic heterocycles. The summed E-state index contributed by atoms with van der Waals surface area (Å²) in [5.74, 6) is 0.113. The van der Waals surface area contributed by atoms with Gasteiger partial charge in [-0.15, -0.1) is 0 Å². The van der Waals surface area contributed by atoms with Crippen LogP contribution in [0.2, 0.25) is 0 Å². The summed E-state index contributed by atoms with van der Waals surface area (Å²) in [4.78, 5) is 41.5. The van der Waals surface area contributed by atoms with Gasteiger partial charge in [0.1, 0.15) is 12.1 Å². The number of benzene rings is 1. The van der Waals surface area contributed by atoms with Crippen molar-refractivity contribution >= 4 is 17.8 Å². The van der Waals surface area contributed by atoms with E-state index < -0.39 is 11.6 Å². The lowest BCUT2D eigenvalue weighted by Gasteiger charge is -2.42. The Bertz CT molecular complexity index is 782. The number of urea groups is 1. The highest BCUT2D eigenvalue weighted by molar-refractivity contribution is 6.09. The Morgan fingerprint density at radius 1 is 1.17 bits per heavy atom. The number of amides is 4. The van der Waals surface area contributed by atoms with Crippen LogP contribution in [0.1, 0.15) is 65.4 Å². The molecule has 1 N–H and O–H groups in total. The minimum absolute atomic E-state index is 0.197. The van der Waals surface area contributed by atoms with E-state index in [0.717, 1.165) is 29.7 Å². The molecule has 0 unspecified atom stereocenters. The zero-order chi connectivity index (χ0) is 21.9. The van der Waals surface area contributed by atoms with E-state index in [2.05, 4.69) is 26.1 Å². The largest absolute Gasteiger partial charge is 0.337 e. The van der Waals surface area contributed by atoms with Crippen molar-refractivity contribution < 1.29 is 14.4 Å². The molecule has 3 rings (SSSR count). The zero-order valence-corrected chi connectivity index (χ0v) is 18.7. The second-order valence-corrected chi connectivity index (χ2v) is 9.41. The number of carbonyl (C=O) groups is 3. The van der Waals surface area contributed by atoms with Crippen LogP contribution in [0.4, 0.5) is 4.79 Å². The van der Waals surface area contributed by atoms with Crippen LogP contribution in [-0.2, 0) is 16.1 Å². The molecular formula is C24H35N3O3. The summed E-state index contributed by atoms with van der Waals surface area (Å²) in [6, 6.07) is 9.31. The number of carbonyl (C=O) groups excluding carboxylic acids is 3. The molecule has 0 aromatic heterocycles. The van der Waals surface area contributed by atoms with Crippen molar-refractivity contribution in [2.24, 2.45) is 11.3 Å². The quantitative estimate of drug-likeness (QED) is 0.688. The Balaban J connectivity index is 1.64.